The molecule has 1 aliphatic rings. The second-order valence-electron chi connectivity index (χ2n) is 5.15. The van der Waals surface area contributed by atoms with Crippen molar-refractivity contribution in [1.82, 2.24) is 4.90 Å². The molecule has 126 valence electrons. The van der Waals surface area contributed by atoms with Crippen molar-refractivity contribution in [3.8, 4) is 11.5 Å². The van der Waals surface area contributed by atoms with E-state index < -0.39 is 0 Å². The Morgan fingerprint density at radius 3 is 2.78 bits per heavy atom. The van der Waals surface area contributed by atoms with Gasteiger partial charge in [-0.15, -0.1) is 0 Å². The quantitative estimate of drug-likeness (QED) is 0.729. The summed E-state index contributed by atoms with van der Waals surface area (Å²) in [7, 11) is 1.58. The third kappa shape index (κ3) is 5.08. The highest BCUT2D eigenvalue weighted by atomic mass is 35.5. The predicted octanol–water partition coefficient (Wildman–Crippen LogP) is 3.73. The molecule has 23 heavy (non-hydrogen) atoms. The topological polar surface area (TPSA) is 38.8 Å². The summed E-state index contributed by atoms with van der Waals surface area (Å²) in [6, 6.07) is 3.61. The molecule has 1 heterocycles. The number of thioether (sulfide) groups is 1. The molecule has 0 aromatic heterocycles. The second kappa shape index (κ2) is 9.08. The van der Waals surface area contributed by atoms with Crippen molar-refractivity contribution >= 4 is 35.3 Å². The fourth-order valence-electron chi connectivity index (χ4n) is 2.24. The highest BCUT2D eigenvalue weighted by molar-refractivity contribution is 7.99. The number of hydrogen-bond acceptors (Lipinski definition) is 4. The van der Waals surface area contributed by atoms with Gasteiger partial charge in [0.1, 0.15) is 0 Å². The molecule has 0 spiro atoms. The first-order valence-corrected chi connectivity index (χ1v) is 9.24. The molecule has 0 radical (unpaired) electrons. The van der Waals surface area contributed by atoms with Crippen LogP contribution in [0.4, 0.5) is 0 Å². The standard InChI is InChI=1S/C17H22ClNO3S/c1-3-8-22-17-14(18)11-13(12-15(17)21-2)4-5-16(20)19-6-9-23-10-7-19/h4-5,11-12H,3,6-10H2,1-2H3/b5-4+. The van der Waals surface area contributed by atoms with Gasteiger partial charge in [-0.05, 0) is 30.2 Å². The number of nitrogens with zero attached hydrogens (tertiary/aromatic N) is 1. The van der Waals surface area contributed by atoms with E-state index in [0.717, 1.165) is 36.6 Å². The number of carbonyl (C=O) groups is 1. The Balaban J connectivity index is 2.11. The lowest BCUT2D eigenvalue weighted by atomic mass is 10.2. The van der Waals surface area contributed by atoms with Gasteiger partial charge in [-0.25, -0.2) is 0 Å². The van der Waals surface area contributed by atoms with Gasteiger partial charge >= 0.3 is 0 Å². The average molecular weight is 356 g/mol. The Kier molecular flexibility index (Phi) is 7.12. The zero-order valence-corrected chi connectivity index (χ0v) is 15.1. The van der Waals surface area contributed by atoms with E-state index >= 15 is 0 Å². The summed E-state index contributed by atoms with van der Waals surface area (Å²) in [4.78, 5) is 14.0. The molecule has 0 N–H and O–H groups in total. The number of ether oxygens (including phenoxy) is 2. The van der Waals surface area contributed by atoms with Crippen molar-refractivity contribution in [2.24, 2.45) is 0 Å². The van der Waals surface area contributed by atoms with E-state index in [-0.39, 0.29) is 5.91 Å². The zero-order valence-electron chi connectivity index (χ0n) is 13.5. The molecule has 1 aromatic rings. The maximum atomic E-state index is 12.2. The molecule has 0 saturated carbocycles. The zero-order chi connectivity index (χ0) is 16.7. The number of hydrogen-bond donors (Lipinski definition) is 0. The number of benzene rings is 1. The summed E-state index contributed by atoms with van der Waals surface area (Å²) in [5.74, 6) is 3.16. The number of methoxy groups -OCH3 is 1. The summed E-state index contributed by atoms with van der Waals surface area (Å²) in [6.45, 7) is 4.22. The van der Waals surface area contributed by atoms with Gasteiger partial charge in [-0.1, -0.05) is 18.5 Å². The molecule has 4 nitrogen and oxygen atoms in total. The molecule has 0 unspecified atom stereocenters. The summed E-state index contributed by atoms with van der Waals surface area (Å²) >= 11 is 8.16. The van der Waals surface area contributed by atoms with Crippen molar-refractivity contribution in [2.45, 2.75) is 13.3 Å². The minimum absolute atomic E-state index is 0.0340. The molecule has 0 aliphatic carbocycles. The highest BCUT2D eigenvalue weighted by Gasteiger charge is 2.15. The molecule has 1 fully saturated rings. The van der Waals surface area contributed by atoms with Crippen molar-refractivity contribution in [2.75, 3.05) is 38.3 Å². The van der Waals surface area contributed by atoms with E-state index in [1.54, 1.807) is 25.3 Å². The van der Waals surface area contributed by atoms with Gasteiger partial charge in [-0.3, -0.25) is 4.79 Å². The van der Waals surface area contributed by atoms with E-state index in [1.165, 1.54) is 0 Å². The Hall–Kier alpha value is -1.33. The van der Waals surface area contributed by atoms with Crippen LogP contribution in [0.2, 0.25) is 5.02 Å². The van der Waals surface area contributed by atoms with E-state index in [2.05, 4.69) is 0 Å². The van der Waals surface area contributed by atoms with Gasteiger partial charge in [0.2, 0.25) is 5.91 Å². The second-order valence-corrected chi connectivity index (χ2v) is 6.79. The van der Waals surface area contributed by atoms with E-state index in [4.69, 9.17) is 21.1 Å². The molecule has 1 saturated heterocycles. The molecule has 1 amide bonds. The number of rotatable bonds is 6. The molecule has 0 bridgehead atoms. The first kappa shape index (κ1) is 18.0. The van der Waals surface area contributed by atoms with Gasteiger partial charge in [0.15, 0.2) is 11.5 Å². The Bertz CT molecular complexity index is 571. The first-order chi connectivity index (χ1) is 11.2. The summed E-state index contributed by atoms with van der Waals surface area (Å²) in [5, 5.41) is 0.485. The number of amides is 1. The fraction of sp³-hybridized carbons (Fsp3) is 0.471. The minimum Gasteiger partial charge on any atom is -0.493 e. The van der Waals surface area contributed by atoms with E-state index in [9.17, 15) is 4.79 Å². The third-order valence-corrected chi connectivity index (χ3v) is 4.67. The summed E-state index contributed by atoms with van der Waals surface area (Å²) in [6.07, 6.45) is 4.25. The minimum atomic E-state index is 0.0340. The van der Waals surface area contributed by atoms with Crippen LogP contribution < -0.4 is 9.47 Å². The maximum absolute atomic E-state index is 12.2. The van der Waals surface area contributed by atoms with Crippen LogP contribution in [0.15, 0.2) is 18.2 Å². The molecular formula is C17H22ClNO3S. The van der Waals surface area contributed by atoms with Crippen LogP contribution in [0.1, 0.15) is 18.9 Å². The summed E-state index contributed by atoms with van der Waals surface area (Å²) < 4.78 is 11.0. The molecule has 1 aliphatic heterocycles. The highest BCUT2D eigenvalue weighted by Crippen LogP contribution is 2.36. The molecule has 2 rings (SSSR count). The number of halogens is 1. The van der Waals surface area contributed by atoms with E-state index in [1.807, 2.05) is 29.7 Å². The average Bonchev–Trinajstić information content (AvgIpc) is 2.59. The molecular weight excluding hydrogens is 334 g/mol. The van der Waals surface area contributed by atoms with Crippen molar-refractivity contribution in [3.05, 3.63) is 28.8 Å². The Labute approximate surface area is 146 Å². The lowest BCUT2D eigenvalue weighted by molar-refractivity contribution is -0.125. The molecule has 6 heteroatoms. The van der Waals surface area contributed by atoms with Crippen LogP contribution in [0.25, 0.3) is 6.08 Å². The van der Waals surface area contributed by atoms with Gasteiger partial charge in [0.05, 0.1) is 18.7 Å². The summed E-state index contributed by atoms with van der Waals surface area (Å²) in [5.41, 5.74) is 0.815. The van der Waals surface area contributed by atoms with Crippen LogP contribution in [-0.4, -0.2) is 49.1 Å². The third-order valence-electron chi connectivity index (χ3n) is 3.44. The molecule has 1 aromatic carbocycles. The van der Waals surface area contributed by atoms with Crippen molar-refractivity contribution in [1.29, 1.82) is 0 Å². The largest absolute Gasteiger partial charge is 0.493 e. The normalized spacial score (nSPS) is 15.0. The van der Waals surface area contributed by atoms with Gasteiger partial charge < -0.3 is 14.4 Å². The van der Waals surface area contributed by atoms with Crippen LogP contribution in [0, 0.1) is 0 Å². The van der Waals surface area contributed by atoms with Crippen LogP contribution in [0.5, 0.6) is 11.5 Å². The Morgan fingerprint density at radius 2 is 2.13 bits per heavy atom. The van der Waals surface area contributed by atoms with Gasteiger partial charge in [0, 0.05) is 30.7 Å². The van der Waals surface area contributed by atoms with Crippen LogP contribution in [0.3, 0.4) is 0 Å². The van der Waals surface area contributed by atoms with Crippen LogP contribution >= 0.6 is 23.4 Å². The van der Waals surface area contributed by atoms with E-state index in [0.29, 0.717) is 23.1 Å². The van der Waals surface area contributed by atoms with Gasteiger partial charge in [-0.2, -0.15) is 11.8 Å². The van der Waals surface area contributed by atoms with Crippen molar-refractivity contribution < 1.29 is 14.3 Å². The van der Waals surface area contributed by atoms with Crippen LogP contribution in [-0.2, 0) is 4.79 Å². The number of carbonyl (C=O) groups excluding carboxylic acids is 1. The monoisotopic (exact) mass is 355 g/mol. The maximum Gasteiger partial charge on any atom is 0.246 e. The molecule has 0 atom stereocenters. The first-order valence-electron chi connectivity index (χ1n) is 7.70. The lowest BCUT2D eigenvalue weighted by Gasteiger charge is -2.25. The lowest BCUT2D eigenvalue weighted by Crippen LogP contribution is -2.36. The van der Waals surface area contributed by atoms with Crippen molar-refractivity contribution in [3.63, 3.8) is 0 Å². The predicted molar refractivity (Wildman–Crippen MR) is 96.7 cm³/mol. The smallest absolute Gasteiger partial charge is 0.246 e. The van der Waals surface area contributed by atoms with Gasteiger partial charge in [0.25, 0.3) is 0 Å². The fourth-order valence-corrected chi connectivity index (χ4v) is 3.41. The Morgan fingerprint density at radius 1 is 1.39 bits per heavy atom. The SMILES string of the molecule is CCCOc1c(Cl)cc(/C=C/C(=O)N2CCSCC2)cc1OC.